The van der Waals surface area contributed by atoms with Crippen LogP contribution in [-0.2, 0) is 51.1 Å². The highest BCUT2D eigenvalue weighted by Gasteiger charge is 2.47. The molecule has 2 aromatic carbocycles. The molecule has 16 nitrogen and oxygen atoms in total. The van der Waals surface area contributed by atoms with E-state index < -0.39 is 102 Å². The van der Waals surface area contributed by atoms with E-state index in [9.17, 15) is 42.3 Å². The van der Waals surface area contributed by atoms with Crippen LogP contribution in [0.1, 0.15) is 70.4 Å². The monoisotopic (exact) mass is 852 g/mol. The zero-order valence-corrected chi connectivity index (χ0v) is 35.0. The van der Waals surface area contributed by atoms with Crippen molar-refractivity contribution in [3.63, 3.8) is 0 Å². The average molecular weight is 853 g/mol. The Morgan fingerprint density at radius 2 is 1.48 bits per heavy atom. The lowest BCUT2D eigenvalue weighted by Gasteiger charge is -2.39. The third-order valence-corrected chi connectivity index (χ3v) is 11.9. The van der Waals surface area contributed by atoms with Gasteiger partial charge in [-0.15, -0.1) is 0 Å². The number of benzene rings is 2. The minimum Gasteiger partial charge on any atom is -0.493 e. The van der Waals surface area contributed by atoms with Crippen molar-refractivity contribution in [3.8, 4) is 11.5 Å². The van der Waals surface area contributed by atoms with Gasteiger partial charge in [0.25, 0.3) is 0 Å². The fourth-order valence-corrected chi connectivity index (χ4v) is 8.82. The van der Waals surface area contributed by atoms with E-state index in [0.29, 0.717) is 48.8 Å². The quantitative estimate of drug-likeness (QED) is 0.314. The first kappa shape index (κ1) is 44.7. The molecule has 4 saturated heterocycles. The largest absolute Gasteiger partial charge is 0.493 e. The Bertz CT molecular complexity index is 2020. The van der Waals surface area contributed by atoms with Gasteiger partial charge < -0.3 is 44.9 Å². The Hall–Kier alpha value is -5.81. The zero-order valence-electron chi connectivity index (χ0n) is 35.0. The zero-order chi connectivity index (χ0) is 44.1. The van der Waals surface area contributed by atoms with Crippen molar-refractivity contribution in [2.75, 3.05) is 33.9 Å². The van der Waals surface area contributed by atoms with Gasteiger partial charge in [-0.3, -0.25) is 28.8 Å². The van der Waals surface area contributed by atoms with E-state index in [1.54, 1.807) is 18.2 Å². The van der Waals surface area contributed by atoms with Crippen LogP contribution in [0.15, 0.2) is 36.4 Å². The molecular weight excluding hydrogens is 799 g/mol. The summed E-state index contributed by atoms with van der Waals surface area (Å²) < 4.78 is 45.4. The molecule has 8 atom stereocenters. The molecule has 0 aromatic heterocycles. The fourth-order valence-electron chi connectivity index (χ4n) is 8.82. The van der Waals surface area contributed by atoms with E-state index in [1.807, 2.05) is 6.92 Å². The van der Waals surface area contributed by atoms with Gasteiger partial charge in [-0.05, 0) is 93.7 Å². The summed E-state index contributed by atoms with van der Waals surface area (Å²) in [7, 11) is 2.89. The molecule has 0 saturated carbocycles. The lowest BCUT2D eigenvalue weighted by molar-refractivity contribution is -0.163. The summed E-state index contributed by atoms with van der Waals surface area (Å²) >= 11 is 0. The number of esters is 1. The molecule has 3 N–H and O–H groups in total. The molecule has 6 amide bonds. The molecular formula is C43H54F2N6O10. The number of nitrogens with one attached hydrogen (secondary N) is 3. The molecule has 0 unspecified atom stereocenters. The van der Waals surface area contributed by atoms with Gasteiger partial charge in [0.15, 0.2) is 11.5 Å². The van der Waals surface area contributed by atoms with Crippen LogP contribution in [-0.4, -0.2) is 132 Å². The number of fused-ring (bicyclic) bond motifs is 3. The Morgan fingerprint density at radius 3 is 2.18 bits per heavy atom. The van der Waals surface area contributed by atoms with Gasteiger partial charge in [0.05, 0.1) is 20.6 Å². The predicted molar refractivity (Wildman–Crippen MR) is 214 cm³/mol. The minimum atomic E-state index is -1.63. The number of hydrogen-bond acceptors (Lipinski definition) is 10. The number of hydrogen-bond donors (Lipinski definition) is 3. The Labute approximate surface area is 353 Å². The summed E-state index contributed by atoms with van der Waals surface area (Å²) in [6, 6.07) is 0.329. The first-order valence-corrected chi connectivity index (χ1v) is 20.8. The highest BCUT2D eigenvalue weighted by Crippen LogP contribution is 2.30. The van der Waals surface area contributed by atoms with E-state index in [4.69, 9.17) is 14.2 Å². The third kappa shape index (κ3) is 10.2. The van der Waals surface area contributed by atoms with Crippen molar-refractivity contribution in [1.82, 2.24) is 30.7 Å². The van der Waals surface area contributed by atoms with Crippen molar-refractivity contribution in [2.45, 2.75) is 114 Å². The van der Waals surface area contributed by atoms with Crippen molar-refractivity contribution < 1.29 is 56.6 Å². The number of piperidine rings is 1. The number of rotatable bonds is 9. The van der Waals surface area contributed by atoms with Crippen LogP contribution in [0.4, 0.5) is 8.78 Å². The molecule has 6 rings (SSSR count). The van der Waals surface area contributed by atoms with Crippen LogP contribution in [0.3, 0.4) is 0 Å². The number of amides is 6. The van der Waals surface area contributed by atoms with E-state index in [1.165, 1.54) is 42.8 Å². The third-order valence-electron chi connectivity index (χ3n) is 11.9. The van der Waals surface area contributed by atoms with E-state index in [-0.39, 0.29) is 50.4 Å². The molecule has 61 heavy (non-hydrogen) atoms. The maximum Gasteiger partial charge on any atom is 0.329 e. The van der Waals surface area contributed by atoms with Crippen LogP contribution in [0.2, 0.25) is 0 Å². The van der Waals surface area contributed by atoms with Gasteiger partial charge >= 0.3 is 5.97 Å². The molecule has 0 bridgehead atoms. The SMILES string of the molecule is COc1ccc(CC(=O)N[C@@H](Cc2cc(F)cc(F)c2)C(=O)N[C@@H]2C(=O)N3CCC[C@H]3C(=O)N3CCCC[C@H]3C(=O)N[C@@H](C)C(=O)N3C[C@H](C)C[C@H]3C(=O)O[C@H]2C)cc1OC. The summed E-state index contributed by atoms with van der Waals surface area (Å²) in [4.78, 5) is 103. The molecule has 330 valence electrons. The van der Waals surface area contributed by atoms with Crippen LogP contribution in [0.25, 0.3) is 0 Å². The highest BCUT2D eigenvalue weighted by atomic mass is 19.1. The standard InChI is InChI=1S/C43H54F2N6O10/c1-23-15-33-43(58)61-25(3)37(42(57)50-14-8-10-32(50)41(56)49-13-7-6-9-31(49)39(54)46-24(2)40(55)51(33)22-23)48-38(53)30(18-27-16-28(44)21-29(45)17-27)47-36(52)20-26-11-12-34(59-4)35(19-26)60-5/h11-12,16-17,19,21,23-25,30-33,37H,6-10,13-15,18,20,22H2,1-5H3,(H,46,54)(H,47,52)(H,48,53)/t23-,24+,25+,30+,31+,32+,33+,37+/m1/s1. The predicted octanol–water partition coefficient (Wildman–Crippen LogP) is 1.80. The summed E-state index contributed by atoms with van der Waals surface area (Å²) in [6.07, 6.45) is 0.503. The maximum absolute atomic E-state index is 14.8. The minimum absolute atomic E-state index is 0.0209. The molecule has 4 fully saturated rings. The molecule has 0 spiro atoms. The maximum atomic E-state index is 14.8. The smallest absolute Gasteiger partial charge is 0.329 e. The average Bonchev–Trinajstić information content (AvgIpc) is 3.88. The van der Waals surface area contributed by atoms with E-state index in [0.717, 1.165) is 12.1 Å². The lowest BCUT2D eigenvalue weighted by atomic mass is 9.99. The van der Waals surface area contributed by atoms with E-state index >= 15 is 0 Å². The Balaban J connectivity index is 1.34. The van der Waals surface area contributed by atoms with Crippen molar-refractivity contribution >= 4 is 41.4 Å². The van der Waals surface area contributed by atoms with Crippen molar-refractivity contribution in [2.24, 2.45) is 5.92 Å². The molecule has 0 aliphatic carbocycles. The summed E-state index contributed by atoms with van der Waals surface area (Å²) in [5.74, 6) is -5.88. The first-order chi connectivity index (χ1) is 29.1. The number of cyclic esters (lactones) is 1. The number of carbonyl (C=O) groups is 7. The van der Waals surface area contributed by atoms with Crippen molar-refractivity contribution in [1.29, 1.82) is 0 Å². The van der Waals surface area contributed by atoms with Crippen LogP contribution in [0.5, 0.6) is 11.5 Å². The normalized spacial score (nSPS) is 26.7. The Morgan fingerprint density at radius 1 is 0.803 bits per heavy atom. The second kappa shape index (κ2) is 19.3. The number of carbonyl (C=O) groups excluding carboxylic acids is 7. The van der Waals surface area contributed by atoms with Gasteiger partial charge in [-0.25, -0.2) is 13.6 Å². The second-order valence-electron chi connectivity index (χ2n) is 16.4. The summed E-state index contributed by atoms with van der Waals surface area (Å²) in [5, 5.41) is 8.05. The van der Waals surface area contributed by atoms with Gasteiger partial charge in [0.2, 0.25) is 35.4 Å². The Kier molecular flexibility index (Phi) is 14.1. The van der Waals surface area contributed by atoms with Crippen molar-refractivity contribution in [3.05, 3.63) is 59.2 Å². The molecule has 18 heteroatoms. The molecule has 4 heterocycles. The lowest BCUT2D eigenvalue weighted by Crippen LogP contribution is -2.63. The molecule has 0 radical (unpaired) electrons. The summed E-state index contributed by atoms with van der Waals surface area (Å²) in [6.45, 7) is 5.34. The highest BCUT2D eigenvalue weighted by molar-refractivity contribution is 5.98. The summed E-state index contributed by atoms with van der Waals surface area (Å²) in [5.41, 5.74) is 0.508. The van der Waals surface area contributed by atoms with E-state index in [2.05, 4.69) is 16.0 Å². The van der Waals surface area contributed by atoms with Gasteiger partial charge in [-0.1, -0.05) is 13.0 Å². The molecule has 4 aliphatic rings. The fraction of sp³-hybridized carbons (Fsp3) is 0.558. The number of ether oxygens (including phenoxy) is 3. The molecule has 4 aliphatic heterocycles. The number of halogens is 2. The van der Waals surface area contributed by atoms with Crippen LogP contribution in [0, 0.1) is 17.6 Å². The number of methoxy groups -OCH3 is 2. The number of nitrogens with zero attached hydrogens (tertiary/aromatic N) is 3. The van der Waals surface area contributed by atoms with Gasteiger partial charge in [0.1, 0.15) is 54.0 Å². The first-order valence-electron chi connectivity index (χ1n) is 20.8. The second-order valence-corrected chi connectivity index (χ2v) is 16.4. The molecule has 2 aromatic rings. The van der Waals surface area contributed by atoms with Gasteiger partial charge in [0, 0.05) is 32.1 Å². The van der Waals surface area contributed by atoms with Crippen LogP contribution >= 0.6 is 0 Å². The van der Waals surface area contributed by atoms with Crippen LogP contribution < -0.4 is 25.4 Å². The topological polar surface area (TPSA) is 193 Å². The van der Waals surface area contributed by atoms with Gasteiger partial charge in [-0.2, -0.15) is 0 Å².